The van der Waals surface area contributed by atoms with E-state index in [4.69, 9.17) is 5.73 Å². The Morgan fingerprint density at radius 1 is 1.38 bits per heavy atom. The highest BCUT2D eigenvalue weighted by molar-refractivity contribution is 7.89. The molecule has 1 unspecified atom stereocenters. The Bertz CT molecular complexity index is 669. The monoisotopic (exact) mass is 379 g/mol. The molecule has 1 atom stereocenters. The molecule has 0 aliphatic carbocycles. The Morgan fingerprint density at radius 3 is 2.54 bits per heavy atom. The summed E-state index contributed by atoms with van der Waals surface area (Å²) in [5, 5.41) is 0. The van der Waals surface area contributed by atoms with Gasteiger partial charge in [0.1, 0.15) is 5.82 Å². The Hall–Kier alpha value is -1.22. The van der Waals surface area contributed by atoms with Crippen molar-refractivity contribution in [3.05, 3.63) is 30.1 Å². The zero-order chi connectivity index (χ0) is 17.1. The van der Waals surface area contributed by atoms with Gasteiger partial charge >= 0.3 is 0 Å². The maximum Gasteiger partial charge on any atom is 0.240 e. The average Bonchev–Trinajstić information content (AvgIpc) is 2.91. The van der Waals surface area contributed by atoms with Crippen molar-refractivity contribution in [3.63, 3.8) is 0 Å². The van der Waals surface area contributed by atoms with Crippen molar-refractivity contribution in [2.45, 2.75) is 24.7 Å². The van der Waals surface area contributed by atoms with E-state index in [1.54, 1.807) is 4.90 Å². The zero-order valence-electron chi connectivity index (χ0n) is 13.5. The molecule has 3 N–H and O–H groups in total. The van der Waals surface area contributed by atoms with Gasteiger partial charge in [0, 0.05) is 26.1 Å². The van der Waals surface area contributed by atoms with Gasteiger partial charge in [-0.05, 0) is 42.6 Å². The molecule has 0 aromatic heterocycles. The van der Waals surface area contributed by atoms with Gasteiger partial charge in [-0.15, -0.1) is 12.4 Å². The highest BCUT2D eigenvalue weighted by Crippen LogP contribution is 2.28. The number of nitrogens with zero attached hydrogens (tertiary/aromatic N) is 1. The highest BCUT2D eigenvalue weighted by atomic mass is 35.5. The maximum atomic E-state index is 12.8. The predicted octanol–water partition coefficient (Wildman–Crippen LogP) is 1.11. The number of rotatable bonds is 6. The van der Waals surface area contributed by atoms with Crippen LogP contribution in [0.5, 0.6) is 0 Å². The molecule has 1 aromatic carbocycles. The van der Waals surface area contributed by atoms with E-state index in [9.17, 15) is 17.6 Å². The van der Waals surface area contributed by atoms with E-state index in [-0.39, 0.29) is 41.6 Å². The van der Waals surface area contributed by atoms with E-state index in [0.29, 0.717) is 19.6 Å². The van der Waals surface area contributed by atoms with Crippen molar-refractivity contribution in [2.75, 3.05) is 26.2 Å². The van der Waals surface area contributed by atoms with Gasteiger partial charge in [-0.2, -0.15) is 0 Å². The summed E-state index contributed by atoms with van der Waals surface area (Å²) in [4.78, 5) is 13.8. The smallest absolute Gasteiger partial charge is 0.240 e. The lowest BCUT2D eigenvalue weighted by molar-refractivity contribution is -0.130. The van der Waals surface area contributed by atoms with Crippen LogP contribution in [0.3, 0.4) is 0 Å². The van der Waals surface area contributed by atoms with Gasteiger partial charge in [0.15, 0.2) is 0 Å². The Labute approximate surface area is 148 Å². The second-order valence-corrected chi connectivity index (χ2v) is 7.95. The van der Waals surface area contributed by atoms with Crippen LogP contribution in [0.15, 0.2) is 29.2 Å². The lowest BCUT2D eigenvalue weighted by Gasteiger charge is -2.22. The minimum atomic E-state index is -3.73. The molecule has 1 fully saturated rings. The van der Waals surface area contributed by atoms with Crippen molar-refractivity contribution in [3.8, 4) is 0 Å². The fraction of sp³-hybridized carbons (Fsp3) is 0.533. The molecule has 0 spiro atoms. The first kappa shape index (κ1) is 20.8. The molecule has 9 heteroatoms. The molecule has 1 aromatic rings. The van der Waals surface area contributed by atoms with Crippen LogP contribution in [0.4, 0.5) is 4.39 Å². The van der Waals surface area contributed by atoms with Crippen LogP contribution >= 0.6 is 12.4 Å². The third kappa shape index (κ3) is 5.14. The molecule has 1 saturated heterocycles. The van der Waals surface area contributed by atoms with E-state index >= 15 is 0 Å². The van der Waals surface area contributed by atoms with Crippen LogP contribution in [0.1, 0.15) is 19.8 Å². The summed E-state index contributed by atoms with van der Waals surface area (Å²) >= 11 is 0. The van der Waals surface area contributed by atoms with E-state index in [1.165, 1.54) is 12.1 Å². The average molecular weight is 380 g/mol. The van der Waals surface area contributed by atoms with Crippen molar-refractivity contribution in [1.29, 1.82) is 0 Å². The van der Waals surface area contributed by atoms with Gasteiger partial charge in [0.25, 0.3) is 0 Å². The number of amides is 1. The molecule has 1 aliphatic heterocycles. The fourth-order valence-corrected chi connectivity index (χ4v) is 3.58. The molecule has 2 rings (SSSR count). The van der Waals surface area contributed by atoms with Crippen LogP contribution in [0.25, 0.3) is 0 Å². The number of carbonyl (C=O) groups is 1. The number of nitrogens with two attached hydrogens (primary N) is 1. The fourth-order valence-electron chi connectivity index (χ4n) is 2.55. The van der Waals surface area contributed by atoms with Crippen LogP contribution in [-0.4, -0.2) is 45.4 Å². The van der Waals surface area contributed by atoms with Crippen molar-refractivity contribution >= 4 is 28.3 Å². The quantitative estimate of drug-likeness (QED) is 0.774. The van der Waals surface area contributed by atoms with E-state index in [0.717, 1.165) is 18.6 Å². The number of hydrogen-bond acceptors (Lipinski definition) is 4. The maximum absolute atomic E-state index is 12.8. The normalized spacial score (nSPS) is 20.7. The standard InChI is InChI=1S/C15H22FN3O3S.ClH/c1-15(10-17)7-9-19(11-15)14(20)6-8-18-23(21,22)13-4-2-12(16)3-5-13;/h2-5,18H,6-11,17H2,1H3;1H. The molecule has 0 radical (unpaired) electrons. The molecule has 0 saturated carbocycles. The molecule has 1 amide bonds. The second kappa shape index (κ2) is 8.24. The van der Waals surface area contributed by atoms with Crippen LogP contribution < -0.4 is 10.5 Å². The van der Waals surface area contributed by atoms with Crippen molar-refractivity contribution in [1.82, 2.24) is 9.62 Å². The molecule has 24 heavy (non-hydrogen) atoms. The highest BCUT2D eigenvalue weighted by Gasteiger charge is 2.34. The van der Waals surface area contributed by atoms with Gasteiger partial charge in [-0.25, -0.2) is 17.5 Å². The van der Waals surface area contributed by atoms with Crippen LogP contribution in [0, 0.1) is 11.2 Å². The van der Waals surface area contributed by atoms with Gasteiger partial charge in [-0.1, -0.05) is 6.92 Å². The molecule has 1 heterocycles. The summed E-state index contributed by atoms with van der Waals surface area (Å²) in [5.41, 5.74) is 5.65. The number of nitrogens with one attached hydrogen (secondary N) is 1. The van der Waals surface area contributed by atoms with Gasteiger partial charge < -0.3 is 10.6 Å². The second-order valence-electron chi connectivity index (χ2n) is 6.18. The van der Waals surface area contributed by atoms with Gasteiger partial charge in [-0.3, -0.25) is 4.79 Å². The molecular weight excluding hydrogens is 357 g/mol. The van der Waals surface area contributed by atoms with Crippen LogP contribution in [0.2, 0.25) is 0 Å². The predicted molar refractivity (Wildman–Crippen MR) is 91.8 cm³/mol. The largest absolute Gasteiger partial charge is 0.342 e. The van der Waals surface area contributed by atoms with Crippen LogP contribution in [-0.2, 0) is 14.8 Å². The summed E-state index contributed by atoms with van der Waals surface area (Å²) in [6.45, 7) is 3.82. The van der Waals surface area contributed by atoms with E-state index in [2.05, 4.69) is 4.72 Å². The third-order valence-corrected chi connectivity index (χ3v) is 5.64. The Morgan fingerprint density at radius 2 is 2.00 bits per heavy atom. The topological polar surface area (TPSA) is 92.5 Å². The number of likely N-dealkylation sites (tertiary alicyclic amines) is 1. The van der Waals surface area contributed by atoms with Gasteiger partial charge in [0.05, 0.1) is 4.90 Å². The summed E-state index contributed by atoms with van der Waals surface area (Å²) < 4.78 is 39.2. The number of halogens is 2. The number of benzene rings is 1. The summed E-state index contributed by atoms with van der Waals surface area (Å²) in [5.74, 6) is -0.597. The molecule has 136 valence electrons. The van der Waals surface area contributed by atoms with E-state index in [1.807, 2.05) is 6.92 Å². The first-order valence-corrected chi connectivity index (χ1v) is 8.97. The minimum absolute atomic E-state index is 0. The van der Waals surface area contributed by atoms with Crippen molar-refractivity contribution < 1.29 is 17.6 Å². The number of carbonyl (C=O) groups excluding carboxylic acids is 1. The lowest BCUT2D eigenvalue weighted by atomic mass is 9.90. The van der Waals surface area contributed by atoms with Gasteiger partial charge in [0.2, 0.25) is 15.9 Å². The number of hydrogen-bond donors (Lipinski definition) is 2. The van der Waals surface area contributed by atoms with E-state index < -0.39 is 15.8 Å². The first-order chi connectivity index (χ1) is 10.8. The summed E-state index contributed by atoms with van der Waals surface area (Å²) in [6.07, 6.45) is 0.942. The Balaban J connectivity index is 0.00000288. The molecular formula is C15H23ClFN3O3S. The molecule has 1 aliphatic rings. The minimum Gasteiger partial charge on any atom is -0.342 e. The SMILES string of the molecule is CC1(CN)CCN(C(=O)CCNS(=O)(=O)c2ccc(F)cc2)C1.Cl. The Kier molecular flexibility index (Phi) is 7.15. The first-order valence-electron chi connectivity index (χ1n) is 7.49. The van der Waals surface area contributed by atoms with Crippen molar-refractivity contribution in [2.24, 2.45) is 11.1 Å². The number of sulfonamides is 1. The summed E-state index contributed by atoms with van der Waals surface area (Å²) in [7, 11) is -3.73. The molecule has 6 nitrogen and oxygen atoms in total. The molecule has 0 bridgehead atoms. The zero-order valence-corrected chi connectivity index (χ0v) is 15.1. The lowest BCUT2D eigenvalue weighted by Crippen LogP contribution is -2.36. The summed E-state index contributed by atoms with van der Waals surface area (Å²) in [6, 6.07) is 4.54. The third-order valence-electron chi connectivity index (χ3n) is 4.16.